The Balaban J connectivity index is 2.51. The molecule has 1 N–H and O–H groups in total. The third-order valence-electron chi connectivity index (χ3n) is 4.79. The van der Waals surface area contributed by atoms with Crippen LogP contribution < -0.4 is 5.32 Å². The van der Waals surface area contributed by atoms with Crippen LogP contribution in [0.5, 0.6) is 0 Å². The lowest BCUT2D eigenvalue weighted by molar-refractivity contribution is 0.0981. The van der Waals surface area contributed by atoms with Crippen molar-refractivity contribution < 1.29 is 0 Å². The maximum Gasteiger partial charge on any atom is -0.00176 e. The second-order valence-corrected chi connectivity index (χ2v) is 7.97. The van der Waals surface area contributed by atoms with E-state index >= 15 is 0 Å². The van der Waals surface area contributed by atoms with Crippen LogP contribution in [0.3, 0.4) is 0 Å². The number of hydrogen-bond acceptors (Lipinski definition) is 1. The van der Waals surface area contributed by atoms with E-state index in [9.17, 15) is 0 Å². The fraction of sp³-hybridized carbons (Fsp3) is 0.889. The minimum Gasteiger partial charge on any atom is -0.316 e. The van der Waals surface area contributed by atoms with E-state index in [2.05, 4.69) is 52.6 Å². The van der Waals surface area contributed by atoms with E-state index < -0.39 is 0 Å². The van der Waals surface area contributed by atoms with Gasteiger partial charge in [-0.2, -0.15) is 0 Å². The van der Waals surface area contributed by atoms with Crippen molar-refractivity contribution in [2.75, 3.05) is 13.1 Å². The number of hydrogen-bond donors (Lipinski definition) is 1. The molecule has 0 heterocycles. The minimum atomic E-state index is 0.468. The summed E-state index contributed by atoms with van der Waals surface area (Å²) >= 11 is 0. The molecule has 0 radical (unpaired) electrons. The monoisotopic (exact) mass is 265 g/mol. The van der Waals surface area contributed by atoms with Crippen LogP contribution in [0, 0.1) is 29.1 Å². The molecule has 1 nitrogen and oxygen atoms in total. The van der Waals surface area contributed by atoms with Gasteiger partial charge in [0, 0.05) is 0 Å². The van der Waals surface area contributed by atoms with Gasteiger partial charge in [0.1, 0.15) is 0 Å². The fourth-order valence-electron chi connectivity index (χ4n) is 3.44. The Hall–Kier alpha value is -0.300. The Labute approximate surface area is 121 Å². The van der Waals surface area contributed by atoms with E-state index in [4.69, 9.17) is 0 Å². The van der Waals surface area contributed by atoms with Gasteiger partial charge < -0.3 is 5.32 Å². The maximum absolute atomic E-state index is 3.96. The number of nitrogens with one attached hydrogen (secondary N) is 1. The molecule has 0 amide bonds. The number of rotatable bonds is 6. The summed E-state index contributed by atoms with van der Waals surface area (Å²) in [5.41, 5.74) is 0.468. The summed E-state index contributed by atoms with van der Waals surface area (Å²) in [6, 6.07) is 0. The molecule has 1 saturated carbocycles. The Morgan fingerprint density at radius 2 is 1.89 bits per heavy atom. The van der Waals surface area contributed by atoms with E-state index in [1.807, 2.05) is 0 Å². The van der Waals surface area contributed by atoms with Gasteiger partial charge in [0.2, 0.25) is 0 Å². The first-order chi connectivity index (χ1) is 8.84. The molecule has 1 aliphatic rings. The van der Waals surface area contributed by atoms with Gasteiger partial charge in [-0.1, -0.05) is 40.7 Å². The van der Waals surface area contributed by atoms with Crippen LogP contribution in [0.15, 0.2) is 12.7 Å². The molecule has 0 aromatic rings. The zero-order valence-electron chi connectivity index (χ0n) is 13.8. The molecule has 0 spiro atoms. The molecule has 0 aromatic heterocycles. The van der Waals surface area contributed by atoms with Crippen molar-refractivity contribution in [2.45, 2.75) is 60.3 Å². The van der Waals surface area contributed by atoms with Crippen molar-refractivity contribution in [3.63, 3.8) is 0 Å². The van der Waals surface area contributed by atoms with Gasteiger partial charge in [-0.25, -0.2) is 0 Å². The third kappa shape index (κ3) is 5.69. The first kappa shape index (κ1) is 16.8. The highest BCUT2D eigenvalue weighted by molar-refractivity contribution is 4.89. The zero-order chi connectivity index (χ0) is 14.5. The summed E-state index contributed by atoms with van der Waals surface area (Å²) in [7, 11) is 0. The van der Waals surface area contributed by atoms with Crippen molar-refractivity contribution in [2.24, 2.45) is 29.1 Å². The molecule has 0 aliphatic heterocycles. The average Bonchev–Trinajstić information content (AvgIpc) is 2.29. The molecular formula is C18H35N. The van der Waals surface area contributed by atoms with Gasteiger partial charge in [0.05, 0.1) is 0 Å². The van der Waals surface area contributed by atoms with Crippen molar-refractivity contribution >= 4 is 0 Å². The molecule has 112 valence electrons. The normalized spacial score (nSPS) is 28.6. The Kier molecular flexibility index (Phi) is 6.59. The van der Waals surface area contributed by atoms with Gasteiger partial charge in [0.25, 0.3) is 0 Å². The van der Waals surface area contributed by atoms with Gasteiger partial charge in [-0.3, -0.25) is 0 Å². The summed E-state index contributed by atoms with van der Waals surface area (Å²) in [6.45, 7) is 18.1. The fourth-order valence-corrected chi connectivity index (χ4v) is 3.44. The quantitative estimate of drug-likeness (QED) is 0.674. The molecule has 1 rings (SSSR count). The standard InChI is InChI=1S/C18H35N/c1-7-8-15-11-17(18(4,5)6)10-9-16(15)13-19-12-14(2)3/h7,14-17,19H,1,8-13H2,2-6H3. The maximum atomic E-state index is 3.96. The van der Waals surface area contributed by atoms with Gasteiger partial charge in [0.15, 0.2) is 0 Å². The number of allylic oxidation sites excluding steroid dienone is 1. The smallest absolute Gasteiger partial charge is 0.00176 e. The summed E-state index contributed by atoms with van der Waals surface area (Å²) in [5.74, 6) is 3.34. The molecule has 3 atom stereocenters. The van der Waals surface area contributed by atoms with Gasteiger partial charge >= 0.3 is 0 Å². The molecule has 1 heteroatoms. The van der Waals surface area contributed by atoms with E-state index in [0.717, 1.165) is 30.2 Å². The van der Waals surface area contributed by atoms with E-state index in [0.29, 0.717) is 5.41 Å². The van der Waals surface area contributed by atoms with E-state index in [1.54, 1.807) is 0 Å². The Bertz CT molecular complexity index is 261. The highest BCUT2D eigenvalue weighted by atomic mass is 14.9. The molecule has 19 heavy (non-hydrogen) atoms. The predicted molar refractivity (Wildman–Crippen MR) is 86.3 cm³/mol. The van der Waals surface area contributed by atoms with Crippen molar-refractivity contribution in [3.05, 3.63) is 12.7 Å². The van der Waals surface area contributed by atoms with Crippen LogP contribution in [0.1, 0.15) is 60.3 Å². The minimum absolute atomic E-state index is 0.468. The van der Waals surface area contributed by atoms with Crippen molar-refractivity contribution in [1.82, 2.24) is 5.32 Å². The van der Waals surface area contributed by atoms with Gasteiger partial charge in [-0.05, 0) is 67.9 Å². The van der Waals surface area contributed by atoms with E-state index in [-0.39, 0.29) is 0 Å². The van der Waals surface area contributed by atoms with Crippen molar-refractivity contribution in [1.29, 1.82) is 0 Å². The highest BCUT2D eigenvalue weighted by Gasteiger charge is 2.34. The molecule has 0 aromatic carbocycles. The first-order valence-electron chi connectivity index (χ1n) is 8.16. The first-order valence-corrected chi connectivity index (χ1v) is 8.16. The van der Waals surface area contributed by atoms with Crippen LogP contribution >= 0.6 is 0 Å². The average molecular weight is 265 g/mol. The second-order valence-electron chi connectivity index (χ2n) is 7.97. The molecule has 0 bridgehead atoms. The largest absolute Gasteiger partial charge is 0.316 e. The summed E-state index contributed by atoms with van der Waals surface area (Å²) < 4.78 is 0. The predicted octanol–water partition coefficient (Wildman–Crippen LogP) is 4.89. The summed E-state index contributed by atoms with van der Waals surface area (Å²) in [4.78, 5) is 0. The Morgan fingerprint density at radius 3 is 2.42 bits per heavy atom. The lowest BCUT2D eigenvalue weighted by atomic mass is 9.65. The van der Waals surface area contributed by atoms with E-state index in [1.165, 1.54) is 32.2 Å². The zero-order valence-corrected chi connectivity index (χ0v) is 13.8. The van der Waals surface area contributed by atoms with Crippen LogP contribution in [-0.2, 0) is 0 Å². The van der Waals surface area contributed by atoms with Crippen LogP contribution in [-0.4, -0.2) is 13.1 Å². The van der Waals surface area contributed by atoms with Crippen molar-refractivity contribution in [3.8, 4) is 0 Å². The SMILES string of the molecule is C=CCC1CC(C(C)(C)C)CCC1CNCC(C)C. The summed E-state index contributed by atoms with van der Waals surface area (Å²) in [5, 5.41) is 3.66. The lowest BCUT2D eigenvalue weighted by Gasteiger charge is -2.42. The third-order valence-corrected chi connectivity index (χ3v) is 4.79. The molecule has 1 aliphatic carbocycles. The topological polar surface area (TPSA) is 12.0 Å². The van der Waals surface area contributed by atoms with Crippen LogP contribution in [0.25, 0.3) is 0 Å². The second kappa shape index (κ2) is 7.47. The molecule has 3 unspecified atom stereocenters. The summed E-state index contributed by atoms with van der Waals surface area (Å²) in [6.07, 6.45) is 7.52. The van der Waals surface area contributed by atoms with Gasteiger partial charge in [-0.15, -0.1) is 6.58 Å². The molecule has 0 saturated heterocycles. The lowest BCUT2D eigenvalue weighted by Crippen LogP contribution is -2.37. The highest BCUT2D eigenvalue weighted by Crippen LogP contribution is 2.43. The van der Waals surface area contributed by atoms with Crippen LogP contribution in [0.2, 0.25) is 0 Å². The Morgan fingerprint density at radius 1 is 1.21 bits per heavy atom. The van der Waals surface area contributed by atoms with Crippen LogP contribution in [0.4, 0.5) is 0 Å². The molecular weight excluding hydrogens is 230 g/mol. The molecule has 1 fully saturated rings.